The number of nitrogens with two attached hydrogens (primary N) is 1. The zero-order chi connectivity index (χ0) is 13.1. The molecule has 0 aliphatic heterocycles. The Bertz CT molecular complexity index is 676. The summed E-state index contributed by atoms with van der Waals surface area (Å²) in [5.74, 6) is -0.409. The third kappa shape index (κ3) is 2.54. The highest BCUT2D eigenvalue weighted by molar-refractivity contribution is 5.27. The molecule has 0 aliphatic rings. The molecule has 1 heterocycles. The van der Waals surface area contributed by atoms with Gasteiger partial charge < -0.3 is 5.73 Å². The highest BCUT2D eigenvalue weighted by atomic mass is 19.1. The monoisotopic (exact) mass is 249 g/mol. The Kier molecular flexibility index (Phi) is 3.38. The molecule has 2 rings (SSSR count). The number of benzene rings is 1. The van der Waals surface area contributed by atoms with E-state index in [1.54, 1.807) is 6.07 Å². The van der Waals surface area contributed by atoms with Crippen LogP contribution in [0, 0.1) is 5.82 Å². The fourth-order valence-electron chi connectivity index (χ4n) is 1.69. The van der Waals surface area contributed by atoms with Gasteiger partial charge in [-0.15, -0.1) is 0 Å². The van der Waals surface area contributed by atoms with Crippen molar-refractivity contribution in [3.8, 4) is 0 Å². The van der Waals surface area contributed by atoms with Gasteiger partial charge >= 0.3 is 0 Å². The summed E-state index contributed by atoms with van der Waals surface area (Å²) in [4.78, 5) is 22.7. The van der Waals surface area contributed by atoms with Gasteiger partial charge in [-0.1, -0.05) is 6.07 Å². The molecule has 1 aromatic carbocycles. The summed E-state index contributed by atoms with van der Waals surface area (Å²) < 4.78 is 14.3. The van der Waals surface area contributed by atoms with Gasteiger partial charge in [-0.05, 0) is 23.3 Å². The first kappa shape index (κ1) is 12.3. The molecule has 2 aromatic rings. The molecule has 1 aromatic heterocycles. The van der Waals surface area contributed by atoms with Gasteiger partial charge in [0.15, 0.2) is 0 Å². The molecular formula is C12H12FN3O2. The van der Waals surface area contributed by atoms with Crippen LogP contribution in [0.1, 0.15) is 11.1 Å². The fourth-order valence-corrected chi connectivity index (χ4v) is 1.69. The lowest BCUT2D eigenvalue weighted by Crippen LogP contribution is -2.28. The maximum atomic E-state index is 13.2. The van der Waals surface area contributed by atoms with Gasteiger partial charge in [0.25, 0.3) is 11.1 Å². The van der Waals surface area contributed by atoms with E-state index in [1.165, 1.54) is 18.2 Å². The molecular weight excluding hydrogens is 237 g/mol. The van der Waals surface area contributed by atoms with E-state index in [0.29, 0.717) is 5.56 Å². The lowest BCUT2D eigenvalue weighted by Gasteiger charge is -2.09. The van der Waals surface area contributed by atoms with E-state index in [0.717, 1.165) is 16.3 Å². The van der Waals surface area contributed by atoms with E-state index < -0.39 is 5.82 Å². The van der Waals surface area contributed by atoms with Crippen molar-refractivity contribution in [2.75, 3.05) is 0 Å². The predicted molar refractivity (Wildman–Crippen MR) is 64.7 cm³/mol. The van der Waals surface area contributed by atoms with Crippen LogP contribution in [-0.2, 0) is 13.1 Å². The van der Waals surface area contributed by atoms with Gasteiger partial charge in [-0.2, -0.15) is 0 Å². The fraction of sp³-hybridized carbons (Fsp3) is 0.167. The van der Waals surface area contributed by atoms with E-state index in [2.05, 4.69) is 5.10 Å². The number of rotatable bonds is 3. The maximum absolute atomic E-state index is 13.2. The molecule has 0 atom stereocenters. The van der Waals surface area contributed by atoms with E-state index in [1.807, 2.05) is 0 Å². The van der Waals surface area contributed by atoms with Crippen LogP contribution in [0.15, 0.2) is 39.9 Å². The van der Waals surface area contributed by atoms with Crippen LogP contribution < -0.4 is 16.9 Å². The lowest BCUT2D eigenvalue weighted by molar-refractivity contribution is 0.602. The molecule has 0 bridgehead atoms. The molecule has 0 saturated heterocycles. The Morgan fingerprint density at radius 2 is 1.94 bits per heavy atom. The summed E-state index contributed by atoms with van der Waals surface area (Å²) >= 11 is 0. The van der Waals surface area contributed by atoms with Crippen LogP contribution in [0.25, 0.3) is 0 Å². The van der Waals surface area contributed by atoms with Gasteiger partial charge in [0.05, 0.1) is 6.54 Å². The largest absolute Gasteiger partial charge is 0.326 e. The van der Waals surface area contributed by atoms with Crippen LogP contribution in [0.3, 0.4) is 0 Å². The van der Waals surface area contributed by atoms with Gasteiger partial charge in [0.1, 0.15) is 5.82 Å². The summed E-state index contributed by atoms with van der Waals surface area (Å²) in [6.45, 7) is 0.320. The van der Waals surface area contributed by atoms with Crippen LogP contribution in [0.4, 0.5) is 4.39 Å². The van der Waals surface area contributed by atoms with E-state index >= 15 is 0 Å². The Labute approximate surface area is 102 Å². The van der Waals surface area contributed by atoms with E-state index in [-0.39, 0.29) is 24.2 Å². The standard InChI is InChI=1S/C12H12FN3O2/c13-10-2-1-8(6-14)9(5-10)7-16-12(18)4-3-11(17)15-16/h1-5H,6-7,14H2,(H,15,17). The molecule has 6 heteroatoms. The minimum absolute atomic E-state index is 0.0825. The average molecular weight is 249 g/mol. The van der Waals surface area contributed by atoms with Gasteiger partial charge in [0.2, 0.25) is 0 Å². The minimum Gasteiger partial charge on any atom is -0.326 e. The van der Waals surface area contributed by atoms with Crippen molar-refractivity contribution < 1.29 is 4.39 Å². The zero-order valence-electron chi connectivity index (χ0n) is 9.52. The summed E-state index contributed by atoms with van der Waals surface area (Å²) in [6.07, 6.45) is 0. The smallest absolute Gasteiger partial charge is 0.265 e. The second-order valence-corrected chi connectivity index (χ2v) is 3.85. The molecule has 0 fully saturated rings. The van der Waals surface area contributed by atoms with Crippen LogP contribution in [-0.4, -0.2) is 9.78 Å². The number of aromatic nitrogens is 2. The average Bonchev–Trinajstić information content (AvgIpc) is 2.34. The molecule has 0 spiro atoms. The molecule has 0 saturated carbocycles. The van der Waals surface area contributed by atoms with Crippen molar-refractivity contribution in [2.24, 2.45) is 5.73 Å². The van der Waals surface area contributed by atoms with Gasteiger partial charge in [0, 0.05) is 18.7 Å². The Hall–Kier alpha value is -2.21. The summed E-state index contributed by atoms with van der Waals surface area (Å²) in [6, 6.07) is 6.49. The van der Waals surface area contributed by atoms with Gasteiger partial charge in [-0.25, -0.2) is 9.07 Å². The maximum Gasteiger partial charge on any atom is 0.265 e. The van der Waals surface area contributed by atoms with E-state index in [9.17, 15) is 14.0 Å². The van der Waals surface area contributed by atoms with Crippen molar-refractivity contribution in [1.82, 2.24) is 9.78 Å². The molecule has 0 unspecified atom stereocenters. The molecule has 94 valence electrons. The molecule has 0 radical (unpaired) electrons. The number of hydrogen-bond donors (Lipinski definition) is 2. The first-order chi connectivity index (χ1) is 8.60. The Balaban J connectivity index is 2.45. The molecule has 5 nitrogen and oxygen atoms in total. The van der Waals surface area contributed by atoms with Crippen LogP contribution >= 0.6 is 0 Å². The topological polar surface area (TPSA) is 80.9 Å². The molecule has 0 amide bonds. The van der Waals surface area contributed by atoms with Gasteiger partial charge in [-0.3, -0.25) is 14.7 Å². The zero-order valence-corrected chi connectivity index (χ0v) is 9.52. The molecule has 18 heavy (non-hydrogen) atoms. The number of halogens is 1. The van der Waals surface area contributed by atoms with E-state index in [4.69, 9.17) is 5.73 Å². The second kappa shape index (κ2) is 4.97. The first-order valence-electron chi connectivity index (χ1n) is 5.37. The summed E-state index contributed by atoms with van der Waals surface area (Å²) in [5, 5.41) is 2.38. The number of hydrogen-bond acceptors (Lipinski definition) is 3. The third-order valence-electron chi connectivity index (χ3n) is 2.61. The Morgan fingerprint density at radius 1 is 1.17 bits per heavy atom. The van der Waals surface area contributed by atoms with Crippen molar-refractivity contribution in [1.29, 1.82) is 0 Å². The van der Waals surface area contributed by atoms with Crippen molar-refractivity contribution in [3.63, 3.8) is 0 Å². The summed E-state index contributed by atoms with van der Waals surface area (Å²) in [7, 11) is 0. The first-order valence-corrected chi connectivity index (χ1v) is 5.37. The lowest BCUT2D eigenvalue weighted by atomic mass is 10.1. The van der Waals surface area contributed by atoms with Crippen molar-refractivity contribution >= 4 is 0 Å². The highest BCUT2D eigenvalue weighted by Gasteiger charge is 2.05. The third-order valence-corrected chi connectivity index (χ3v) is 2.61. The molecule has 3 N–H and O–H groups in total. The predicted octanol–water partition coefficient (Wildman–Crippen LogP) is 0.183. The van der Waals surface area contributed by atoms with Crippen LogP contribution in [0.5, 0.6) is 0 Å². The van der Waals surface area contributed by atoms with Crippen LogP contribution in [0.2, 0.25) is 0 Å². The normalized spacial score (nSPS) is 10.6. The minimum atomic E-state index is -0.409. The Morgan fingerprint density at radius 3 is 2.67 bits per heavy atom. The molecule has 0 aliphatic carbocycles. The van der Waals surface area contributed by atoms with Crippen molar-refractivity contribution in [2.45, 2.75) is 13.1 Å². The number of H-pyrrole nitrogens is 1. The van der Waals surface area contributed by atoms with Crippen molar-refractivity contribution in [3.05, 3.63) is 68.0 Å². The SMILES string of the molecule is NCc1ccc(F)cc1Cn1[nH]c(=O)ccc1=O. The highest BCUT2D eigenvalue weighted by Crippen LogP contribution is 2.11. The number of aromatic amines is 1. The second-order valence-electron chi connectivity index (χ2n) is 3.85. The number of nitrogens with one attached hydrogen (secondary N) is 1. The quantitative estimate of drug-likeness (QED) is 0.814. The summed E-state index contributed by atoms with van der Waals surface area (Å²) in [5.41, 5.74) is 6.09. The number of nitrogens with zero attached hydrogens (tertiary/aromatic N) is 1.